The molecule has 20 heavy (non-hydrogen) atoms. The van der Waals surface area contributed by atoms with Gasteiger partial charge in [-0.3, -0.25) is 9.59 Å². The summed E-state index contributed by atoms with van der Waals surface area (Å²) in [5, 5.41) is 11.0. The fourth-order valence-electron chi connectivity index (χ4n) is 1.72. The molecule has 0 aromatic carbocycles. The zero-order valence-corrected chi connectivity index (χ0v) is 10.6. The van der Waals surface area contributed by atoms with Gasteiger partial charge in [0.25, 0.3) is 0 Å². The normalized spacial score (nSPS) is 20.0. The molecule has 1 rings (SSSR count). The Morgan fingerprint density at radius 2 is 2.00 bits per heavy atom. The molecule has 6 N–H and O–H groups in total. The molecule has 1 aliphatic heterocycles. The number of urea groups is 1. The second-order valence-corrected chi connectivity index (χ2v) is 4.20. The van der Waals surface area contributed by atoms with E-state index in [1.807, 2.05) is 0 Å². The van der Waals surface area contributed by atoms with Crippen molar-refractivity contribution in [2.75, 3.05) is 19.8 Å². The Balaban J connectivity index is 2.73. The minimum atomic E-state index is -1.46. The van der Waals surface area contributed by atoms with Crippen LogP contribution < -0.4 is 16.8 Å². The van der Waals surface area contributed by atoms with E-state index < -0.39 is 42.3 Å². The second-order valence-electron chi connectivity index (χ2n) is 4.20. The summed E-state index contributed by atoms with van der Waals surface area (Å²) in [6.45, 7) is 0.226. The summed E-state index contributed by atoms with van der Waals surface area (Å²) in [7, 11) is 0. The van der Waals surface area contributed by atoms with Crippen molar-refractivity contribution in [1.82, 2.24) is 10.2 Å². The van der Waals surface area contributed by atoms with Crippen molar-refractivity contribution in [1.29, 1.82) is 0 Å². The van der Waals surface area contributed by atoms with Crippen LogP contribution in [0.3, 0.4) is 0 Å². The molecule has 0 saturated carbocycles. The van der Waals surface area contributed by atoms with Crippen molar-refractivity contribution in [3.8, 4) is 0 Å². The Labute approximate surface area is 114 Å². The first-order chi connectivity index (χ1) is 9.32. The molecule has 1 heterocycles. The lowest BCUT2D eigenvalue weighted by Gasteiger charge is -2.34. The van der Waals surface area contributed by atoms with Crippen molar-refractivity contribution in [2.45, 2.75) is 18.5 Å². The van der Waals surface area contributed by atoms with Crippen LogP contribution in [0.25, 0.3) is 0 Å². The summed E-state index contributed by atoms with van der Waals surface area (Å²) in [6, 6.07) is -3.26. The lowest BCUT2D eigenvalue weighted by Crippen LogP contribution is -2.59. The number of carboxylic acid groups (broad SMARTS) is 1. The number of carboxylic acids is 1. The minimum absolute atomic E-state index is 0.0592. The first-order valence-electron chi connectivity index (χ1n) is 5.78. The quantitative estimate of drug-likeness (QED) is 0.427. The van der Waals surface area contributed by atoms with Crippen LogP contribution in [0.5, 0.6) is 0 Å². The minimum Gasteiger partial charge on any atom is -0.480 e. The molecule has 112 valence electrons. The number of ether oxygens (including phenoxy) is 1. The molecule has 0 aromatic rings. The van der Waals surface area contributed by atoms with Crippen molar-refractivity contribution < 1.29 is 29.0 Å². The third-order valence-electron chi connectivity index (χ3n) is 2.72. The standard InChI is InChI=1S/C10H16N4O6/c11-7(15)3-5(9(17)18)13-10(19)14-1-2-20-4-6(14)8(12)16/h5-6H,1-4H2,(H2,11,15)(H2,12,16)(H,13,19)(H,17,18). The summed E-state index contributed by atoms with van der Waals surface area (Å²) in [5.41, 5.74) is 10.0. The van der Waals surface area contributed by atoms with E-state index in [9.17, 15) is 19.2 Å². The number of carbonyl (C=O) groups is 4. The van der Waals surface area contributed by atoms with E-state index in [1.54, 1.807) is 0 Å². The molecule has 0 aliphatic carbocycles. The van der Waals surface area contributed by atoms with Crippen LogP contribution >= 0.6 is 0 Å². The molecule has 0 radical (unpaired) electrons. The van der Waals surface area contributed by atoms with Crippen LogP contribution in [0.1, 0.15) is 6.42 Å². The van der Waals surface area contributed by atoms with Gasteiger partial charge in [-0.25, -0.2) is 9.59 Å². The van der Waals surface area contributed by atoms with E-state index in [-0.39, 0.29) is 19.8 Å². The smallest absolute Gasteiger partial charge is 0.326 e. The van der Waals surface area contributed by atoms with E-state index in [0.29, 0.717) is 0 Å². The van der Waals surface area contributed by atoms with Crippen molar-refractivity contribution >= 4 is 23.8 Å². The summed E-state index contributed by atoms with van der Waals surface area (Å²) < 4.78 is 5.03. The van der Waals surface area contributed by atoms with Crippen molar-refractivity contribution in [3.05, 3.63) is 0 Å². The summed E-state index contributed by atoms with van der Waals surface area (Å²) in [4.78, 5) is 45.9. The number of aliphatic carboxylic acids is 1. The van der Waals surface area contributed by atoms with Gasteiger partial charge in [-0.1, -0.05) is 0 Å². The summed E-state index contributed by atoms with van der Waals surface area (Å²) in [6.07, 6.45) is -0.549. The molecule has 0 bridgehead atoms. The molecule has 2 atom stereocenters. The van der Waals surface area contributed by atoms with Crippen LogP contribution in [-0.2, 0) is 19.1 Å². The number of carbonyl (C=O) groups excluding carboxylic acids is 3. The van der Waals surface area contributed by atoms with Crippen molar-refractivity contribution in [3.63, 3.8) is 0 Å². The van der Waals surface area contributed by atoms with Gasteiger partial charge in [0, 0.05) is 6.54 Å². The molecule has 1 fully saturated rings. The van der Waals surface area contributed by atoms with E-state index in [1.165, 1.54) is 0 Å². The number of nitrogens with one attached hydrogen (secondary N) is 1. The highest BCUT2D eigenvalue weighted by Gasteiger charge is 2.33. The third kappa shape index (κ3) is 4.09. The Morgan fingerprint density at radius 1 is 1.35 bits per heavy atom. The lowest BCUT2D eigenvalue weighted by molar-refractivity contribution is -0.141. The summed E-state index contributed by atoms with van der Waals surface area (Å²) in [5.74, 6) is -3.03. The van der Waals surface area contributed by atoms with Gasteiger partial charge < -0.3 is 31.5 Å². The zero-order valence-electron chi connectivity index (χ0n) is 10.6. The molecular formula is C10H16N4O6. The highest BCUT2D eigenvalue weighted by molar-refractivity contribution is 5.90. The Hall–Kier alpha value is -2.36. The molecular weight excluding hydrogens is 272 g/mol. The number of hydrogen-bond donors (Lipinski definition) is 4. The van der Waals surface area contributed by atoms with E-state index in [0.717, 1.165) is 4.90 Å². The van der Waals surface area contributed by atoms with E-state index in [4.69, 9.17) is 21.3 Å². The Morgan fingerprint density at radius 3 is 2.50 bits per heavy atom. The first kappa shape index (κ1) is 15.7. The maximum Gasteiger partial charge on any atom is 0.326 e. The highest BCUT2D eigenvalue weighted by Crippen LogP contribution is 2.07. The van der Waals surface area contributed by atoms with Gasteiger partial charge in [-0.05, 0) is 0 Å². The number of rotatable bonds is 5. The van der Waals surface area contributed by atoms with Gasteiger partial charge in [0.05, 0.1) is 19.6 Å². The SMILES string of the molecule is NC(=O)CC(NC(=O)N1CCOCC1C(N)=O)C(=O)O. The molecule has 10 nitrogen and oxygen atoms in total. The van der Waals surface area contributed by atoms with Crippen molar-refractivity contribution in [2.24, 2.45) is 11.5 Å². The van der Waals surface area contributed by atoms with Gasteiger partial charge >= 0.3 is 12.0 Å². The Kier molecular flexibility index (Phi) is 5.26. The van der Waals surface area contributed by atoms with Crippen LogP contribution in [0, 0.1) is 0 Å². The van der Waals surface area contributed by atoms with Crippen LogP contribution in [-0.4, -0.2) is 65.7 Å². The Bertz CT molecular complexity index is 426. The second kappa shape index (κ2) is 6.70. The predicted octanol–water partition coefficient (Wildman–Crippen LogP) is -2.79. The fraction of sp³-hybridized carbons (Fsp3) is 0.600. The van der Waals surface area contributed by atoms with Gasteiger partial charge in [0.1, 0.15) is 12.1 Å². The van der Waals surface area contributed by atoms with Gasteiger partial charge in [-0.2, -0.15) is 0 Å². The molecule has 2 unspecified atom stereocenters. The number of nitrogens with two attached hydrogens (primary N) is 2. The first-order valence-corrected chi connectivity index (χ1v) is 5.78. The molecule has 10 heteroatoms. The largest absolute Gasteiger partial charge is 0.480 e. The number of amides is 4. The molecule has 0 aromatic heterocycles. The predicted molar refractivity (Wildman–Crippen MR) is 64.3 cm³/mol. The van der Waals surface area contributed by atoms with Gasteiger partial charge in [-0.15, -0.1) is 0 Å². The topological polar surface area (TPSA) is 165 Å². The molecule has 1 aliphatic rings. The number of nitrogens with zero attached hydrogens (tertiary/aromatic N) is 1. The van der Waals surface area contributed by atoms with E-state index >= 15 is 0 Å². The maximum absolute atomic E-state index is 11.9. The number of hydrogen-bond acceptors (Lipinski definition) is 5. The maximum atomic E-state index is 11.9. The van der Waals surface area contributed by atoms with Crippen LogP contribution in [0.15, 0.2) is 0 Å². The molecule has 1 saturated heterocycles. The molecule has 0 spiro atoms. The van der Waals surface area contributed by atoms with Crippen LogP contribution in [0.4, 0.5) is 4.79 Å². The fourth-order valence-corrected chi connectivity index (χ4v) is 1.72. The van der Waals surface area contributed by atoms with E-state index in [2.05, 4.69) is 5.32 Å². The lowest BCUT2D eigenvalue weighted by atomic mass is 10.2. The summed E-state index contributed by atoms with van der Waals surface area (Å²) >= 11 is 0. The van der Waals surface area contributed by atoms with Gasteiger partial charge in [0.15, 0.2) is 0 Å². The average Bonchev–Trinajstić information content (AvgIpc) is 2.37. The monoisotopic (exact) mass is 288 g/mol. The third-order valence-corrected chi connectivity index (χ3v) is 2.72. The number of morpholine rings is 1. The average molecular weight is 288 g/mol. The van der Waals surface area contributed by atoms with Crippen LogP contribution in [0.2, 0.25) is 0 Å². The van der Waals surface area contributed by atoms with Gasteiger partial charge in [0.2, 0.25) is 11.8 Å². The molecule has 4 amide bonds. The number of primary amides is 2. The zero-order chi connectivity index (χ0) is 15.3. The highest BCUT2D eigenvalue weighted by atomic mass is 16.5.